The Morgan fingerprint density at radius 1 is 1.47 bits per heavy atom. The Morgan fingerprint density at radius 3 is 2.76 bits per heavy atom. The van der Waals surface area contributed by atoms with E-state index in [1.165, 1.54) is 5.38 Å². The van der Waals surface area contributed by atoms with Crippen molar-refractivity contribution < 1.29 is 23.2 Å². The van der Waals surface area contributed by atoms with Crippen LogP contribution in [0, 0.1) is 0 Å². The lowest BCUT2D eigenvalue weighted by molar-refractivity contribution is -0.108. The van der Waals surface area contributed by atoms with Gasteiger partial charge in [0.25, 0.3) is 10.0 Å². The number of carboxylic acid groups (broad SMARTS) is 1. The molecule has 6 nitrogen and oxygen atoms in total. The third kappa shape index (κ3) is 2.49. The molecule has 2 rings (SSSR count). The molecular formula is C9H11NO5S2. The van der Waals surface area contributed by atoms with Crippen LogP contribution in [0.15, 0.2) is 16.3 Å². The smallest absolute Gasteiger partial charge is 0.345 e. The molecule has 0 radical (unpaired) electrons. The van der Waals surface area contributed by atoms with Crippen molar-refractivity contribution in [3.05, 3.63) is 16.3 Å². The summed E-state index contributed by atoms with van der Waals surface area (Å²) in [6.07, 6.45) is 1.57. The molecule has 0 aliphatic carbocycles. The highest BCUT2D eigenvalue weighted by atomic mass is 32.2. The van der Waals surface area contributed by atoms with E-state index in [1.807, 2.05) is 0 Å². The number of nitrogens with zero attached hydrogens (tertiary/aromatic N) is 1. The standard InChI is InChI=1S/C9H11NO5S2/c11-9(12)8-5-7(6-16-8)17(13,14)10-3-1-2-4-15-10/h5-6H,1-4H2,(H,11,12). The topological polar surface area (TPSA) is 83.9 Å². The molecule has 0 amide bonds. The summed E-state index contributed by atoms with van der Waals surface area (Å²) in [6.45, 7) is 0.676. The van der Waals surface area contributed by atoms with Gasteiger partial charge in [0.05, 0.1) is 11.5 Å². The molecule has 0 unspecified atom stereocenters. The predicted octanol–water partition coefficient (Wildman–Crippen LogP) is 1.16. The maximum absolute atomic E-state index is 12.0. The van der Waals surface area contributed by atoms with Gasteiger partial charge in [-0.15, -0.1) is 11.3 Å². The van der Waals surface area contributed by atoms with Crippen molar-refractivity contribution in [2.45, 2.75) is 17.7 Å². The largest absolute Gasteiger partial charge is 0.477 e. The van der Waals surface area contributed by atoms with E-state index in [-0.39, 0.29) is 9.77 Å². The molecule has 1 aromatic rings. The Balaban J connectivity index is 2.27. The first-order chi connectivity index (χ1) is 8.01. The lowest BCUT2D eigenvalue weighted by atomic mass is 10.3. The van der Waals surface area contributed by atoms with Crippen LogP contribution in [0.3, 0.4) is 0 Å². The Hall–Kier alpha value is -0.960. The van der Waals surface area contributed by atoms with Gasteiger partial charge in [-0.3, -0.25) is 4.84 Å². The van der Waals surface area contributed by atoms with Gasteiger partial charge in [-0.05, 0) is 18.9 Å². The number of rotatable bonds is 3. The SMILES string of the molecule is O=C(O)c1cc(S(=O)(=O)N2CCCCO2)cs1. The summed E-state index contributed by atoms with van der Waals surface area (Å²) in [5, 5.41) is 10.1. The maximum Gasteiger partial charge on any atom is 0.345 e. The molecule has 1 saturated heterocycles. The Kier molecular flexibility index (Phi) is 3.48. The van der Waals surface area contributed by atoms with Gasteiger partial charge < -0.3 is 5.11 Å². The summed E-state index contributed by atoms with van der Waals surface area (Å²) in [5.74, 6) is -1.13. The molecule has 0 spiro atoms. The van der Waals surface area contributed by atoms with Crippen molar-refractivity contribution in [1.29, 1.82) is 0 Å². The number of hydrogen-bond donors (Lipinski definition) is 1. The van der Waals surface area contributed by atoms with E-state index in [9.17, 15) is 13.2 Å². The summed E-state index contributed by atoms with van der Waals surface area (Å²) in [6, 6.07) is 1.15. The lowest BCUT2D eigenvalue weighted by Crippen LogP contribution is -2.35. The average molecular weight is 277 g/mol. The van der Waals surface area contributed by atoms with Crippen LogP contribution in [0.1, 0.15) is 22.5 Å². The molecule has 0 saturated carbocycles. The van der Waals surface area contributed by atoms with Crippen LogP contribution in [-0.2, 0) is 14.9 Å². The van der Waals surface area contributed by atoms with Gasteiger partial charge >= 0.3 is 5.97 Å². The highest BCUT2D eigenvalue weighted by Gasteiger charge is 2.28. The number of hydrogen-bond acceptors (Lipinski definition) is 5. The molecule has 1 aliphatic heterocycles. The molecule has 1 aromatic heterocycles. The number of sulfonamides is 1. The van der Waals surface area contributed by atoms with E-state index >= 15 is 0 Å². The van der Waals surface area contributed by atoms with E-state index in [0.29, 0.717) is 13.2 Å². The minimum Gasteiger partial charge on any atom is -0.477 e. The third-order valence-corrected chi connectivity index (χ3v) is 5.05. The molecule has 1 N–H and O–H groups in total. The fourth-order valence-corrected chi connectivity index (χ4v) is 3.84. The molecule has 17 heavy (non-hydrogen) atoms. The minimum atomic E-state index is -3.72. The van der Waals surface area contributed by atoms with E-state index < -0.39 is 16.0 Å². The number of thiophene rings is 1. The Bertz CT molecular complexity index is 515. The second-order valence-corrected chi connectivity index (χ2v) is 6.26. The average Bonchev–Trinajstić information content (AvgIpc) is 2.80. The Morgan fingerprint density at radius 2 is 2.24 bits per heavy atom. The zero-order valence-electron chi connectivity index (χ0n) is 8.83. The normalized spacial score (nSPS) is 18.1. The van der Waals surface area contributed by atoms with Crippen LogP contribution in [0.2, 0.25) is 0 Å². The monoisotopic (exact) mass is 277 g/mol. The molecular weight excluding hydrogens is 266 g/mol. The molecule has 0 aromatic carbocycles. The fourth-order valence-electron chi connectivity index (χ4n) is 1.45. The molecule has 0 atom stereocenters. The van der Waals surface area contributed by atoms with Crippen molar-refractivity contribution in [2.24, 2.45) is 0 Å². The summed E-state index contributed by atoms with van der Waals surface area (Å²) in [7, 11) is -3.72. The maximum atomic E-state index is 12.0. The van der Waals surface area contributed by atoms with Crippen LogP contribution >= 0.6 is 11.3 Å². The lowest BCUT2D eigenvalue weighted by Gasteiger charge is -2.24. The van der Waals surface area contributed by atoms with Crippen molar-refractivity contribution in [2.75, 3.05) is 13.2 Å². The summed E-state index contributed by atoms with van der Waals surface area (Å²) < 4.78 is 25.0. The first kappa shape index (κ1) is 12.5. The molecule has 1 fully saturated rings. The van der Waals surface area contributed by atoms with Gasteiger partial charge in [-0.1, -0.05) is 4.47 Å². The Labute approximate surface area is 102 Å². The highest BCUT2D eigenvalue weighted by Crippen LogP contribution is 2.24. The van der Waals surface area contributed by atoms with Gasteiger partial charge in [-0.2, -0.15) is 0 Å². The molecule has 0 bridgehead atoms. The molecule has 1 aliphatic rings. The summed E-state index contributed by atoms with van der Waals surface area (Å²) in [4.78, 5) is 15.7. The van der Waals surface area contributed by atoms with Gasteiger partial charge in [0.2, 0.25) is 0 Å². The summed E-state index contributed by atoms with van der Waals surface area (Å²) >= 11 is 0.888. The quantitative estimate of drug-likeness (QED) is 0.896. The fraction of sp³-hybridized carbons (Fsp3) is 0.444. The van der Waals surface area contributed by atoms with Crippen LogP contribution in [0.25, 0.3) is 0 Å². The number of carboxylic acids is 1. The predicted molar refractivity (Wildman–Crippen MR) is 60.4 cm³/mol. The van der Waals surface area contributed by atoms with E-state index in [2.05, 4.69) is 0 Å². The number of aromatic carboxylic acids is 1. The van der Waals surface area contributed by atoms with E-state index in [1.54, 1.807) is 0 Å². The molecule has 94 valence electrons. The first-order valence-corrected chi connectivity index (χ1v) is 7.31. The van der Waals surface area contributed by atoms with Crippen LogP contribution in [0.4, 0.5) is 0 Å². The third-order valence-electron chi connectivity index (χ3n) is 2.32. The van der Waals surface area contributed by atoms with Crippen LogP contribution in [0.5, 0.6) is 0 Å². The summed E-state index contributed by atoms with van der Waals surface area (Å²) in [5.41, 5.74) is 0. The van der Waals surface area contributed by atoms with Crippen molar-refractivity contribution in [3.63, 3.8) is 0 Å². The minimum absolute atomic E-state index is 0.000541. The van der Waals surface area contributed by atoms with Gasteiger partial charge in [0.15, 0.2) is 0 Å². The zero-order valence-corrected chi connectivity index (χ0v) is 10.5. The van der Waals surface area contributed by atoms with Crippen molar-refractivity contribution in [1.82, 2.24) is 4.47 Å². The van der Waals surface area contributed by atoms with Crippen LogP contribution < -0.4 is 0 Å². The van der Waals surface area contributed by atoms with Crippen LogP contribution in [-0.4, -0.2) is 37.1 Å². The molecule has 8 heteroatoms. The van der Waals surface area contributed by atoms with Crippen molar-refractivity contribution in [3.8, 4) is 0 Å². The van der Waals surface area contributed by atoms with Gasteiger partial charge in [-0.25, -0.2) is 13.2 Å². The van der Waals surface area contributed by atoms with Gasteiger partial charge in [0.1, 0.15) is 4.88 Å². The second-order valence-electron chi connectivity index (χ2n) is 3.52. The number of hydroxylamine groups is 1. The van der Waals surface area contributed by atoms with Crippen molar-refractivity contribution >= 4 is 27.3 Å². The zero-order chi connectivity index (χ0) is 12.5. The van der Waals surface area contributed by atoms with E-state index in [4.69, 9.17) is 9.94 Å². The highest BCUT2D eigenvalue weighted by molar-refractivity contribution is 7.89. The second kappa shape index (κ2) is 4.73. The number of carbonyl (C=O) groups is 1. The van der Waals surface area contributed by atoms with Gasteiger partial charge in [0, 0.05) is 11.9 Å². The van der Waals surface area contributed by atoms with E-state index in [0.717, 1.165) is 34.7 Å². The molecule has 2 heterocycles. The first-order valence-electron chi connectivity index (χ1n) is 4.99.